The molecule has 0 aromatic rings. The number of hydrogen-bond donors (Lipinski definition) is 1. The molecule has 1 N–H and O–H groups in total. The summed E-state index contributed by atoms with van der Waals surface area (Å²) in [5, 5.41) is 9.05. The summed E-state index contributed by atoms with van der Waals surface area (Å²) in [5.41, 5.74) is -0.298. The van der Waals surface area contributed by atoms with Crippen LogP contribution in [0.2, 0.25) is 0 Å². The zero-order valence-electron chi connectivity index (χ0n) is 7.76. The highest BCUT2D eigenvalue weighted by Crippen LogP contribution is 2.07. The van der Waals surface area contributed by atoms with E-state index >= 15 is 0 Å². The van der Waals surface area contributed by atoms with Crippen molar-refractivity contribution in [2.24, 2.45) is 0 Å². The summed E-state index contributed by atoms with van der Waals surface area (Å²) in [4.78, 5) is 9.74. The van der Waals surface area contributed by atoms with Crippen molar-refractivity contribution in [3.63, 3.8) is 0 Å². The molecule has 1 atom stereocenters. The molecular formula is C8H18O3. The normalized spacial score (nSPS) is 15.0. The molecule has 0 heterocycles. The maximum Gasteiger partial charge on any atom is 0.108 e. The molecule has 11 heavy (non-hydrogen) atoms. The third-order valence-electron chi connectivity index (χ3n) is 1.04. The second kappa shape index (κ2) is 4.70. The quantitative estimate of drug-likeness (QED) is 0.503. The number of rotatable bonds is 4. The molecule has 0 bridgehead atoms. The second-order valence-corrected chi connectivity index (χ2v) is 3.54. The molecule has 3 nitrogen and oxygen atoms in total. The first-order chi connectivity index (χ1) is 4.95. The Morgan fingerprint density at radius 2 is 1.91 bits per heavy atom. The first kappa shape index (κ1) is 10.9. The van der Waals surface area contributed by atoms with E-state index in [2.05, 4.69) is 0 Å². The third kappa shape index (κ3) is 7.78. The van der Waals surface area contributed by atoms with Crippen LogP contribution in [0.5, 0.6) is 0 Å². The third-order valence-corrected chi connectivity index (χ3v) is 1.04. The van der Waals surface area contributed by atoms with Gasteiger partial charge in [-0.2, -0.15) is 0 Å². The van der Waals surface area contributed by atoms with Crippen LogP contribution in [0.15, 0.2) is 0 Å². The van der Waals surface area contributed by atoms with Crippen molar-refractivity contribution in [1.29, 1.82) is 0 Å². The Labute approximate surface area is 68.2 Å². The van der Waals surface area contributed by atoms with Crippen LogP contribution >= 0.6 is 0 Å². The van der Waals surface area contributed by atoms with Crippen LogP contribution < -0.4 is 0 Å². The molecule has 0 saturated carbocycles. The summed E-state index contributed by atoms with van der Waals surface area (Å²) in [6.45, 7) is 7.82. The maximum atomic E-state index is 9.05. The number of hydrogen-bond acceptors (Lipinski definition) is 3. The Morgan fingerprint density at radius 1 is 1.36 bits per heavy atom. The van der Waals surface area contributed by atoms with Gasteiger partial charge in [0, 0.05) is 0 Å². The largest absolute Gasteiger partial charge is 0.391 e. The van der Waals surface area contributed by atoms with E-state index in [-0.39, 0.29) is 12.2 Å². The lowest BCUT2D eigenvalue weighted by atomic mass is 10.2. The van der Waals surface area contributed by atoms with Gasteiger partial charge in [-0.25, -0.2) is 9.78 Å². The summed E-state index contributed by atoms with van der Waals surface area (Å²) in [5.74, 6) is 0. The first-order valence-electron chi connectivity index (χ1n) is 3.94. The molecule has 0 aliphatic heterocycles. The van der Waals surface area contributed by atoms with Crippen LogP contribution in [0.1, 0.15) is 34.1 Å². The smallest absolute Gasteiger partial charge is 0.108 e. The van der Waals surface area contributed by atoms with Gasteiger partial charge >= 0.3 is 0 Å². The molecular weight excluding hydrogens is 144 g/mol. The van der Waals surface area contributed by atoms with Crippen molar-refractivity contribution in [2.75, 3.05) is 6.61 Å². The van der Waals surface area contributed by atoms with Crippen LogP contribution in [-0.2, 0) is 9.78 Å². The summed E-state index contributed by atoms with van der Waals surface area (Å²) < 4.78 is 0. The van der Waals surface area contributed by atoms with Crippen LogP contribution in [-0.4, -0.2) is 23.4 Å². The van der Waals surface area contributed by atoms with Crippen molar-refractivity contribution < 1.29 is 14.9 Å². The average Bonchev–Trinajstić information content (AvgIpc) is 1.85. The molecule has 0 radical (unpaired) electrons. The average molecular weight is 162 g/mol. The lowest BCUT2D eigenvalue weighted by molar-refractivity contribution is -0.356. The van der Waals surface area contributed by atoms with Crippen molar-refractivity contribution in [3.05, 3.63) is 0 Å². The predicted octanol–water partition coefficient (Wildman–Crippen LogP) is 1.50. The fourth-order valence-corrected chi connectivity index (χ4v) is 0.407. The standard InChI is InChI=1S/C8H18O3/c1-5-7(9)6-10-11-8(2,3)4/h7,9H,5-6H2,1-4H3. The minimum absolute atomic E-state index is 0.244. The zero-order chi connectivity index (χ0) is 8.91. The van der Waals surface area contributed by atoms with Crippen molar-refractivity contribution in [1.82, 2.24) is 0 Å². The van der Waals surface area contributed by atoms with Gasteiger partial charge in [0.2, 0.25) is 0 Å². The number of aliphatic hydroxyl groups excluding tert-OH is 1. The highest BCUT2D eigenvalue weighted by molar-refractivity contribution is 4.55. The predicted molar refractivity (Wildman–Crippen MR) is 43.1 cm³/mol. The van der Waals surface area contributed by atoms with Gasteiger partial charge in [-0.1, -0.05) is 6.92 Å². The maximum absolute atomic E-state index is 9.05. The molecule has 68 valence electrons. The minimum atomic E-state index is -0.419. The molecule has 0 fully saturated rings. The van der Waals surface area contributed by atoms with E-state index in [1.807, 2.05) is 27.7 Å². The summed E-state index contributed by atoms with van der Waals surface area (Å²) in [6.07, 6.45) is 0.269. The van der Waals surface area contributed by atoms with Crippen LogP contribution in [0.3, 0.4) is 0 Å². The van der Waals surface area contributed by atoms with E-state index in [4.69, 9.17) is 14.9 Å². The number of aliphatic hydroxyl groups is 1. The molecule has 0 aromatic carbocycles. The van der Waals surface area contributed by atoms with Gasteiger partial charge in [-0.15, -0.1) is 0 Å². The minimum Gasteiger partial charge on any atom is -0.391 e. The van der Waals surface area contributed by atoms with Gasteiger partial charge in [-0.3, -0.25) is 0 Å². The van der Waals surface area contributed by atoms with Gasteiger partial charge in [0.15, 0.2) is 0 Å². The Morgan fingerprint density at radius 3 is 2.27 bits per heavy atom. The monoisotopic (exact) mass is 162 g/mol. The molecule has 0 saturated heterocycles. The molecule has 0 spiro atoms. The Bertz CT molecular complexity index is 96.0. The molecule has 0 amide bonds. The Hall–Kier alpha value is -0.120. The fourth-order valence-electron chi connectivity index (χ4n) is 0.407. The summed E-state index contributed by atoms with van der Waals surface area (Å²) in [7, 11) is 0. The van der Waals surface area contributed by atoms with Gasteiger partial charge < -0.3 is 5.11 Å². The van der Waals surface area contributed by atoms with E-state index < -0.39 is 6.10 Å². The van der Waals surface area contributed by atoms with Crippen molar-refractivity contribution in [3.8, 4) is 0 Å². The van der Waals surface area contributed by atoms with Crippen molar-refractivity contribution in [2.45, 2.75) is 45.8 Å². The zero-order valence-corrected chi connectivity index (χ0v) is 7.76. The molecule has 0 aliphatic rings. The molecule has 1 unspecified atom stereocenters. The Kier molecular flexibility index (Phi) is 4.65. The molecule has 3 heteroatoms. The van der Waals surface area contributed by atoms with E-state index in [1.165, 1.54) is 0 Å². The lowest BCUT2D eigenvalue weighted by Crippen LogP contribution is -2.23. The van der Waals surface area contributed by atoms with Crippen LogP contribution in [0.4, 0.5) is 0 Å². The highest BCUT2D eigenvalue weighted by atomic mass is 17.2. The van der Waals surface area contributed by atoms with E-state index in [1.54, 1.807) is 0 Å². The van der Waals surface area contributed by atoms with Crippen LogP contribution in [0.25, 0.3) is 0 Å². The second-order valence-electron chi connectivity index (χ2n) is 3.54. The van der Waals surface area contributed by atoms with E-state index in [0.717, 1.165) is 0 Å². The fraction of sp³-hybridized carbons (Fsp3) is 1.00. The van der Waals surface area contributed by atoms with Gasteiger partial charge in [0.1, 0.15) is 6.61 Å². The molecule has 0 aliphatic carbocycles. The topological polar surface area (TPSA) is 38.7 Å². The van der Waals surface area contributed by atoms with Gasteiger partial charge in [-0.05, 0) is 27.2 Å². The molecule has 0 rings (SSSR count). The van der Waals surface area contributed by atoms with E-state index in [0.29, 0.717) is 6.42 Å². The summed E-state index contributed by atoms with van der Waals surface area (Å²) in [6, 6.07) is 0. The van der Waals surface area contributed by atoms with Crippen molar-refractivity contribution >= 4 is 0 Å². The highest BCUT2D eigenvalue weighted by Gasteiger charge is 2.12. The lowest BCUT2D eigenvalue weighted by Gasteiger charge is -2.18. The van der Waals surface area contributed by atoms with Gasteiger partial charge in [0.05, 0.1) is 11.7 Å². The van der Waals surface area contributed by atoms with Crippen LogP contribution in [0, 0.1) is 0 Å². The SMILES string of the molecule is CCC(O)COOC(C)(C)C. The summed E-state index contributed by atoms with van der Waals surface area (Å²) >= 11 is 0. The van der Waals surface area contributed by atoms with E-state index in [9.17, 15) is 0 Å². The van der Waals surface area contributed by atoms with Gasteiger partial charge in [0.25, 0.3) is 0 Å². The molecule has 0 aromatic heterocycles. The first-order valence-corrected chi connectivity index (χ1v) is 3.94. The Balaban J connectivity index is 3.28.